The Morgan fingerprint density at radius 3 is 2.08 bits per heavy atom. The molecule has 0 unspecified atom stereocenters. The van der Waals surface area contributed by atoms with Gasteiger partial charge in [0.05, 0.1) is 18.1 Å². The van der Waals surface area contributed by atoms with E-state index in [0.29, 0.717) is 0 Å². The molecule has 5 rings (SSSR count). The van der Waals surface area contributed by atoms with Gasteiger partial charge in [0.15, 0.2) is 23.0 Å². The molecule has 4 aromatic carbocycles. The van der Waals surface area contributed by atoms with Crippen LogP contribution in [-0.4, -0.2) is 43.5 Å². The largest absolute Gasteiger partial charge is 0.508 e. The minimum absolute atomic E-state index is 0.0708. The number of Topliss-reactive ketones (excluding diaryl/α,β-unsaturated/α-hetero) is 1. The number of methoxy groups -OCH3 is 1. The summed E-state index contributed by atoms with van der Waals surface area (Å²) in [7, 11) is 1.58. The molecule has 0 aliphatic heterocycles. The topological polar surface area (TPSA) is 178 Å². The van der Waals surface area contributed by atoms with Crippen molar-refractivity contribution in [2.75, 3.05) is 7.11 Å². The van der Waals surface area contributed by atoms with Gasteiger partial charge in [-0.3, -0.25) is 9.59 Å². The van der Waals surface area contributed by atoms with Gasteiger partial charge in [0.1, 0.15) is 28.6 Å². The SMILES string of the molecule is COc1ccc(CC(=O)c2ccc(O)cc2O)cc1.O=c1c(O)c(-c2ccc(O)c(O)c2)oc2cc(O)ccc12. The third kappa shape index (κ3) is 5.91. The van der Waals surface area contributed by atoms with Crippen LogP contribution in [0.1, 0.15) is 15.9 Å². The molecule has 0 amide bonds. The van der Waals surface area contributed by atoms with Crippen LogP contribution < -0.4 is 10.2 Å². The Morgan fingerprint density at radius 1 is 0.750 bits per heavy atom. The highest BCUT2D eigenvalue weighted by atomic mass is 16.5. The maximum atomic E-state index is 12.1. The summed E-state index contributed by atoms with van der Waals surface area (Å²) in [5, 5.41) is 57.1. The molecule has 40 heavy (non-hydrogen) atoms. The Balaban J connectivity index is 0.000000186. The van der Waals surface area contributed by atoms with Crippen molar-refractivity contribution in [2.24, 2.45) is 0 Å². The van der Waals surface area contributed by atoms with E-state index < -0.39 is 16.9 Å². The number of rotatable bonds is 5. The van der Waals surface area contributed by atoms with Crippen molar-refractivity contribution in [3.05, 3.63) is 100 Å². The molecule has 0 bridgehead atoms. The van der Waals surface area contributed by atoms with Crippen molar-refractivity contribution in [1.29, 1.82) is 0 Å². The van der Waals surface area contributed by atoms with Crippen molar-refractivity contribution in [2.45, 2.75) is 6.42 Å². The number of ketones is 1. The Labute approximate surface area is 226 Å². The second kappa shape index (κ2) is 11.4. The lowest BCUT2D eigenvalue weighted by atomic mass is 10.0. The number of phenols is 5. The van der Waals surface area contributed by atoms with Gasteiger partial charge in [-0.1, -0.05) is 12.1 Å². The van der Waals surface area contributed by atoms with E-state index in [4.69, 9.17) is 9.15 Å². The van der Waals surface area contributed by atoms with E-state index >= 15 is 0 Å². The van der Waals surface area contributed by atoms with E-state index in [9.17, 15) is 40.2 Å². The molecule has 1 aromatic heterocycles. The lowest BCUT2D eigenvalue weighted by Gasteiger charge is -2.07. The number of carbonyl (C=O) groups excluding carboxylic acids is 1. The molecule has 0 fully saturated rings. The third-order valence-electron chi connectivity index (χ3n) is 5.90. The van der Waals surface area contributed by atoms with Crippen LogP contribution >= 0.6 is 0 Å². The molecule has 10 nitrogen and oxygen atoms in total. The molecule has 6 N–H and O–H groups in total. The normalized spacial score (nSPS) is 10.5. The van der Waals surface area contributed by atoms with Crippen LogP contribution in [0.25, 0.3) is 22.3 Å². The molecule has 0 saturated heterocycles. The fourth-order valence-corrected chi connectivity index (χ4v) is 3.81. The highest BCUT2D eigenvalue weighted by molar-refractivity contribution is 6.00. The molecular formula is C30H24O10. The molecule has 204 valence electrons. The van der Waals surface area contributed by atoms with Gasteiger partial charge in [-0.2, -0.15) is 0 Å². The lowest BCUT2D eigenvalue weighted by molar-refractivity contribution is 0.0990. The van der Waals surface area contributed by atoms with Gasteiger partial charge in [0.25, 0.3) is 0 Å². The number of carbonyl (C=O) groups is 1. The van der Waals surface area contributed by atoms with E-state index in [-0.39, 0.29) is 63.1 Å². The van der Waals surface area contributed by atoms with Gasteiger partial charge in [-0.05, 0) is 60.2 Å². The zero-order chi connectivity index (χ0) is 29.0. The number of fused-ring (bicyclic) bond motifs is 1. The van der Waals surface area contributed by atoms with E-state index in [1.807, 2.05) is 0 Å². The van der Waals surface area contributed by atoms with E-state index in [1.54, 1.807) is 31.4 Å². The van der Waals surface area contributed by atoms with Crippen molar-refractivity contribution in [1.82, 2.24) is 0 Å². The molecule has 0 aliphatic rings. The highest BCUT2D eigenvalue weighted by Gasteiger charge is 2.17. The van der Waals surface area contributed by atoms with Crippen molar-refractivity contribution >= 4 is 16.8 Å². The van der Waals surface area contributed by atoms with Crippen molar-refractivity contribution in [3.63, 3.8) is 0 Å². The maximum absolute atomic E-state index is 12.1. The number of benzene rings is 4. The molecule has 5 aromatic rings. The van der Waals surface area contributed by atoms with Gasteiger partial charge < -0.3 is 39.8 Å². The predicted octanol–water partition coefficient (Wildman–Crippen LogP) is 4.81. The summed E-state index contributed by atoms with van der Waals surface area (Å²) in [6.45, 7) is 0. The fraction of sp³-hybridized carbons (Fsp3) is 0.0667. The van der Waals surface area contributed by atoms with Crippen molar-refractivity contribution in [3.8, 4) is 51.6 Å². The van der Waals surface area contributed by atoms with Gasteiger partial charge in [0, 0.05) is 24.1 Å². The first-order valence-corrected chi connectivity index (χ1v) is 11.8. The van der Waals surface area contributed by atoms with Crippen LogP contribution in [0, 0.1) is 0 Å². The first-order chi connectivity index (χ1) is 19.1. The van der Waals surface area contributed by atoms with Crippen LogP contribution in [0.15, 0.2) is 88.1 Å². The summed E-state index contributed by atoms with van der Waals surface area (Å²) in [6.07, 6.45) is 0.183. The molecule has 10 heteroatoms. The summed E-state index contributed by atoms with van der Waals surface area (Å²) in [4.78, 5) is 24.1. The van der Waals surface area contributed by atoms with Crippen LogP contribution in [-0.2, 0) is 6.42 Å². The Bertz CT molecular complexity index is 1750. The zero-order valence-corrected chi connectivity index (χ0v) is 21.0. The van der Waals surface area contributed by atoms with E-state index in [1.165, 1.54) is 42.5 Å². The molecule has 0 radical (unpaired) electrons. The first-order valence-electron chi connectivity index (χ1n) is 11.8. The van der Waals surface area contributed by atoms with Crippen LogP contribution in [0.3, 0.4) is 0 Å². The zero-order valence-electron chi connectivity index (χ0n) is 21.0. The summed E-state index contributed by atoms with van der Waals surface area (Å²) in [6, 6.07) is 18.7. The molecule has 0 saturated carbocycles. The molecule has 1 heterocycles. The highest BCUT2D eigenvalue weighted by Crippen LogP contribution is 2.35. The quantitative estimate of drug-likeness (QED) is 0.133. The summed E-state index contributed by atoms with van der Waals surface area (Å²) < 4.78 is 10.5. The van der Waals surface area contributed by atoms with E-state index in [2.05, 4.69) is 0 Å². The fourth-order valence-electron chi connectivity index (χ4n) is 3.81. The number of hydrogen-bond acceptors (Lipinski definition) is 10. The van der Waals surface area contributed by atoms with Gasteiger partial charge in [-0.25, -0.2) is 0 Å². The molecule has 0 aliphatic carbocycles. The standard InChI is InChI=1S/C15H10O6.C15H14O4/c16-8-2-3-9-12(6-8)21-15(14(20)13(9)19)7-1-4-10(17)11(18)5-7;1-19-12-5-2-10(3-6-12)8-14(17)13-7-4-11(16)9-15(13)18/h1-6,16-18,20H;2-7,9,16,18H,8H2,1H3. The summed E-state index contributed by atoms with van der Waals surface area (Å²) in [5.41, 5.74) is 0.691. The van der Waals surface area contributed by atoms with Crippen molar-refractivity contribution < 1.29 is 44.6 Å². The summed E-state index contributed by atoms with van der Waals surface area (Å²) >= 11 is 0. The van der Waals surface area contributed by atoms with Gasteiger partial charge in [0.2, 0.25) is 11.2 Å². The Morgan fingerprint density at radius 2 is 1.43 bits per heavy atom. The Hall–Kier alpha value is -5.64. The van der Waals surface area contributed by atoms with Gasteiger partial charge in [-0.15, -0.1) is 0 Å². The van der Waals surface area contributed by atoms with Crippen LogP contribution in [0.5, 0.6) is 40.2 Å². The monoisotopic (exact) mass is 544 g/mol. The molecule has 0 spiro atoms. The number of ether oxygens (including phenoxy) is 1. The minimum atomic E-state index is -0.654. The average Bonchev–Trinajstić information content (AvgIpc) is 2.93. The second-order valence-electron chi connectivity index (χ2n) is 8.64. The van der Waals surface area contributed by atoms with Crippen LogP contribution in [0.2, 0.25) is 0 Å². The second-order valence-corrected chi connectivity index (χ2v) is 8.64. The molecule has 0 atom stereocenters. The lowest BCUT2D eigenvalue weighted by Crippen LogP contribution is -2.03. The third-order valence-corrected chi connectivity index (χ3v) is 5.90. The molecular weight excluding hydrogens is 520 g/mol. The average molecular weight is 545 g/mol. The maximum Gasteiger partial charge on any atom is 0.235 e. The number of hydrogen-bond donors (Lipinski definition) is 6. The smallest absolute Gasteiger partial charge is 0.235 e. The van der Waals surface area contributed by atoms with E-state index in [0.717, 1.165) is 23.4 Å². The Kier molecular flexibility index (Phi) is 7.81. The van der Waals surface area contributed by atoms with Crippen LogP contribution in [0.4, 0.5) is 0 Å². The minimum Gasteiger partial charge on any atom is -0.508 e. The number of phenolic OH excluding ortho intramolecular Hbond substituents is 5. The van der Waals surface area contributed by atoms with Gasteiger partial charge >= 0.3 is 0 Å². The number of aromatic hydroxyl groups is 6. The summed E-state index contributed by atoms with van der Waals surface area (Å²) in [5.74, 6) is -1.37. The first kappa shape index (κ1) is 27.4. The predicted molar refractivity (Wildman–Crippen MR) is 145 cm³/mol.